The van der Waals surface area contributed by atoms with Crippen molar-refractivity contribution in [3.8, 4) is 11.5 Å². The number of benzene rings is 2. The van der Waals surface area contributed by atoms with Crippen LogP contribution in [0.2, 0.25) is 5.02 Å². The molecule has 1 aliphatic rings. The number of hydrogen-bond acceptors (Lipinski definition) is 7. The van der Waals surface area contributed by atoms with Crippen molar-refractivity contribution in [1.82, 2.24) is 5.32 Å². The number of esters is 1. The summed E-state index contributed by atoms with van der Waals surface area (Å²) in [4.78, 5) is 50.1. The van der Waals surface area contributed by atoms with Crippen LogP contribution in [0, 0.1) is 0 Å². The zero-order valence-corrected chi connectivity index (χ0v) is 19.9. The van der Waals surface area contributed by atoms with Crippen molar-refractivity contribution in [2.75, 3.05) is 25.2 Å². The van der Waals surface area contributed by atoms with Crippen LogP contribution in [0.5, 0.6) is 11.5 Å². The van der Waals surface area contributed by atoms with E-state index in [-0.39, 0.29) is 41.0 Å². The molecule has 3 rings (SSSR count). The van der Waals surface area contributed by atoms with E-state index in [1.54, 1.807) is 31.2 Å². The average molecular weight is 538 g/mol. The molecule has 0 unspecified atom stereocenters. The summed E-state index contributed by atoms with van der Waals surface area (Å²) in [5.74, 6) is -1.97. The van der Waals surface area contributed by atoms with Gasteiger partial charge in [0.15, 0.2) is 18.1 Å². The molecule has 33 heavy (non-hydrogen) atoms. The number of nitrogens with zero attached hydrogens (tertiary/aromatic N) is 1. The minimum absolute atomic E-state index is 0.0787. The molecule has 2 aromatic carbocycles. The predicted octanol–water partition coefficient (Wildman–Crippen LogP) is 3.72. The Bertz CT molecular complexity index is 1150. The van der Waals surface area contributed by atoms with Gasteiger partial charge in [-0.15, -0.1) is 0 Å². The third-order valence-corrected chi connectivity index (χ3v) is 5.20. The van der Waals surface area contributed by atoms with Gasteiger partial charge in [0, 0.05) is 4.47 Å². The van der Waals surface area contributed by atoms with Gasteiger partial charge in [-0.2, -0.15) is 0 Å². The minimum atomic E-state index is -0.859. The maximum atomic E-state index is 13.0. The largest absolute Gasteiger partial charge is 0.493 e. The number of imide groups is 2. The summed E-state index contributed by atoms with van der Waals surface area (Å²) in [6.07, 6.45) is 1.28. The molecule has 1 aliphatic heterocycles. The summed E-state index contributed by atoms with van der Waals surface area (Å²) < 4.78 is 16.3. The average Bonchev–Trinajstić information content (AvgIpc) is 2.77. The molecule has 0 bridgehead atoms. The van der Waals surface area contributed by atoms with Gasteiger partial charge in [-0.25, -0.2) is 14.5 Å². The normalized spacial score (nSPS) is 14.8. The number of amides is 4. The Labute approximate surface area is 202 Å². The Kier molecular flexibility index (Phi) is 7.72. The monoisotopic (exact) mass is 536 g/mol. The predicted molar refractivity (Wildman–Crippen MR) is 123 cm³/mol. The van der Waals surface area contributed by atoms with E-state index in [1.165, 1.54) is 25.3 Å². The highest BCUT2D eigenvalue weighted by Crippen LogP contribution is 2.37. The van der Waals surface area contributed by atoms with E-state index in [2.05, 4.69) is 21.2 Å². The second-order valence-corrected chi connectivity index (χ2v) is 7.88. The third-order valence-electron chi connectivity index (χ3n) is 4.39. The lowest BCUT2D eigenvalue weighted by Gasteiger charge is -2.26. The van der Waals surface area contributed by atoms with E-state index in [0.717, 1.165) is 9.37 Å². The molecule has 11 heteroatoms. The fourth-order valence-electron chi connectivity index (χ4n) is 2.95. The lowest BCUT2D eigenvalue weighted by Crippen LogP contribution is -2.54. The number of halogens is 2. The number of rotatable bonds is 7. The smallest absolute Gasteiger partial charge is 0.344 e. The molecule has 0 aliphatic carbocycles. The van der Waals surface area contributed by atoms with Crippen LogP contribution in [0.3, 0.4) is 0 Å². The van der Waals surface area contributed by atoms with Crippen LogP contribution in [-0.2, 0) is 19.1 Å². The molecule has 172 valence electrons. The number of urea groups is 1. The topological polar surface area (TPSA) is 111 Å². The van der Waals surface area contributed by atoms with Crippen molar-refractivity contribution in [1.29, 1.82) is 0 Å². The molecule has 0 saturated carbocycles. The number of barbiturate groups is 1. The second-order valence-electron chi connectivity index (χ2n) is 6.56. The first-order valence-corrected chi connectivity index (χ1v) is 10.7. The number of hydrogen-bond donors (Lipinski definition) is 1. The standard InChI is InChI=1S/C22H18BrClN2O7/c1-3-32-18(27)11-33-19-16(24)9-12(10-17(19)31-2)8-15-20(28)25-22(30)26(21(15)29)14-6-4-13(23)5-7-14/h4-10H,3,11H2,1-2H3,(H,25,28,30)/b15-8+. The van der Waals surface area contributed by atoms with Crippen LogP contribution in [-0.4, -0.2) is 44.1 Å². The second kappa shape index (κ2) is 10.5. The number of carbonyl (C=O) groups excluding carboxylic acids is 4. The molecule has 0 radical (unpaired) electrons. The first-order chi connectivity index (χ1) is 15.7. The first-order valence-electron chi connectivity index (χ1n) is 9.58. The summed E-state index contributed by atoms with van der Waals surface area (Å²) >= 11 is 9.57. The zero-order valence-electron chi connectivity index (χ0n) is 17.5. The van der Waals surface area contributed by atoms with E-state index in [4.69, 9.17) is 25.8 Å². The van der Waals surface area contributed by atoms with Crippen molar-refractivity contribution in [3.05, 3.63) is 57.0 Å². The van der Waals surface area contributed by atoms with Crippen molar-refractivity contribution >= 4 is 63.1 Å². The van der Waals surface area contributed by atoms with E-state index in [1.807, 2.05) is 0 Å². The van der Waals surface area contributed by atoms with E-state index in [9.17, 15) is 19.2 Å². The Hall–Kier alpha value is -3.37. The third kappa shape index (κ3) is 5.52. The van der Waals surface area contributed by atoms with Gasteiger partial charge in [-0.05, 0) is 55.0 Å². The van der Waals surface area contributed by atoms with Gasteiger partial charge in [-0.3, -0.25) is 14.9 Å². The van der Waals surface area contributed by atoms with Crippen LogP contribution in [0.4, 0.5) is 10.5 Å². The minimum Gasteiger partial charge on any atom is -0.493 e. The number of anilines is 1. The number of methoxy groups -OCH3 is 1. The summed E-state index contributed by atoms with van der Waals surface area (Å²) in [5, 5.41) is 2.23. The molecule has 0 spiro atoms. The maximum absolute atomic E-state index is 13.0. The lowest BCUT2D eigenvalue weighted by atomic mass is 10.1. The van der Waals surface area contributed by atoms with E-state index >= 15 is 0 Å². The summed E-state index contributed by atoms with van der Waals surface area (Å²) in [7, 11) is 1.37. The summed E-state index contributed by atoms with van der Waals surface area (Å²) in [6, 6.07) is 8.49. The number of nitrogens with one attached hydrogen (secondary N) is 1. The Morgan fingerprint density at radius 2 is 1.88 bits per heavy atom. The maximum Gasteiger partial charge on any atom is 0.344 e. The molecular weight excluding hydrogens is 520 g/mol. The van der Waals surface area contributed by atoms with Gasteiger partial charge in [0.05, 0.1) is 24.4 Å². The first kappa shape index (κ1) is 24.3. The molecule has 9 nitrogen and oxygen atoms in total. The molecule has 4 amide bonds. The highest BCUT2D eigenvalue weighted by Gasteiger charge is 2.36. The molecule has 0 atom stereocenters. The molecular formula is C22H18BrClN2O7. The van der Waals surface area contributed by atoms with Gasteiger partial charge >= 0.3 is 12.0 Å². The van der Waals surface area contributed by atoms with E-state index in [0.29, 0.717) is 5.56 Å². The van der Waals surface area contributed by atoms with Crippen LogP contribution in [0.15, 0.2) is 46.4 Å². The fourth-order valence-corrected chi connectivity index (χ4v) is 3.48. The van der Waals surface area contributed by atoms with E-state index < -0.39 is 23.8 Å². The summed E-state index contributed by atoms with van der Waals surface area (Å²) in [5.41, 5.74) is 0.345. The number of ether oxygens (including phenoxy) is 3. The molecule has 1 N–H and O–H groups in total. The molecule has 0 aromatic heterocycles. The van der Waals surface area contributed by atoms with Crippen molar-refractivity contribution in [2.24, 2.45) is 0 Å². The Morgan fingerprint density at radius 3 is 2.52 bits per heavy atom. The van der Waals surface area contributed by atoms with Crippen LogP contribution in [0.25, 0.3) is 6.08 Å². The highest BCUT2D eigenvalue weighted by molar-refractivity contribution is 9.10. The quantitative estimate of drug-likeness (QED) is 0.325. The van der Waals surface area contributed by atoms with Crippen molar-refractivity contribution < 1.29 is 33.4 Å². The van der Waals surface area contributed by atoms with Crippen LogP contribution < -0.4 is 19.7 Å². The molecule has 1 saturated heterocycles. The molecule has 1 fully saturated rings. The number of carbonyl (C=O) groups is 4. The Balaban J connectivity index is 1.93. The van der Waals surface area contributed by atoms with Gasteiger partial charge < -0.3 is 14.2 Å². The van der Waals surface area contributed by atoms with Crippen molar-refractivity contribution in [2.45, 2.75) is 6.92 Å². The van der Waals surface area contributed by atoms with Gasteiger partial charge in [0.1, 0.15) is 5.57 Å². The van der Waals surface area contributed by atoms with Crippen LogP contribution >= 0.6 is 27.5 Å². The SMILES string of the molecule is CCOC(=O)COc1c(Cl)cc(/C=C2\C(=O)NC(=O)N(c3ccc(Br)cc3)C2=O)cc1OC. The highest BCUT2D eigenvalue weighted by atomic mass is 79.9. The lowest BCUT2D eigenvalue weighted by molar-refractivity contribution is -0.145. The van der Waals surface area contributed by atoms with Crippen molar-refractivity contribution in [3.63, 3.8) is 0 Å². The van der Waals surface area contributed by atoms with Gasteiger partial charge in [-0.1, -0.05) is 27.5 Å². The van der Waals surface area contributed by atoms with Gasteiger partial charge in [0.25, 0.3) is 11.8 Å². The van der Waals surface area contributed by atoms with Crippen LogP contribution in [0.1, 0.15) is 12.5 Å². The molecule has 2 aromatic rings. The zero-order chi connectivity index (χ0) is 24.1. The molecule has 1 heterocycles. The Morgan fingerprint density at radius 1 is 1.18 bits per heavy atom. The fraction of sp³-hybridized carbons (Fsp3) is 0.182. The summed E-state index contributed by atoms with van der Waals surface area (Å²) in [6.45, 7) is 1.49. The van der Waals surface area contributed by atoms with Gasteiger partial charge in [0.2, 0.25) is 0 Å².